The molecule has 3 heterocycles. The van der Waals surface area contributed by atoms with Crippen molar-refractivity contribution in [1.82, 2.24) is 19.9 Å². The highest BCUT2D eigenvalue weighted by molar-refractivity contribution is 7.08. The van der Waals surface area contributed by atoms with Crippen LogP contribution in [0.15, 0.2) is 21.3 Å². The molecule has 8 heteroatoms. The average molecular weight is 376 g/mol. The van der Waals surface area contributed by atoms with E-state index in [9.17, 15) is 9.59 Å². The molecule has 1 atom stereocenters. The van der Waals surface area contributed by atoms with Gasteiger partial charge in [0.25, 0.3) is 5.91 Å². The van der Waals surface area contributed by atoms with Crippen molar-refractivity contribution < 1.29 is 14.1 Å². The molecule has 2 aromatic heterocycles. The first-order valence-corrected chi connectivity index (χ1v) is 9.81. The Bertz CT molecular complexity index is 756. The number of carbonyl (C=O) groups is 2. The van der Waals surface area contributed by atoms with Crippen LogP contribution in [0.5, 0.6) is 0 Å². The molecule has 0 saturated carbocycles. The van der Waals surface area contributed by atoms with Gasteiger partial charge in [-0.15, -0.1) is 0 Å². The van der Waals surface area contributed by atoms with Crippen molar-refractivity contribution in [3.05, 3.63) is 34.1 Å². The van der Waals surface area contributed by atoms with Crippen LogP contribution in [-0.4, -0.2) is 57.4 Å². The predicted molar refractivity (Wildman–Crippen MR) is 98.1 cm³/mol. The summed E-state index contributed by atoms with van der Waals surface area (Å²) >= 11 is 1.51. The van der Waals surface area contributed by atoms with E-state index < -0.39 is 0 Å². The largest absolute Gasteiger partial charge is 0.339 e. The fraction of sp³-hybridized carbons (Fsp3) is 0.556. The van der Waals surface area contributed by atoms with Gasteiger partial charge in [-0.2, -0.15) is 16.3 Å². The molecule has 3 rings (SSSR count). The molecule has 26 heavy (non-hydrogen) atoms. The molecule has 0 radical (unpaired) electrons. The van der Waals surface area contributed by atoms with Crippen molar-refractivity contribution in [3.8, 4) is 0 Å². The lowest BCUT2D eigenvalue weighted by atomic mass is 10.2. The smallest absolute Gasteiger partial charge is 0.254 e. The number of hydrogen-bond acceptors (Lipinski definition) is 6. The van der Waals surface area contributed by atoms with Crippen LogP contribution in [-0.2, 0) is 11.2 Å². The molecule has 0 N–H and O–H groups in total. The summed E-state index contributed by atoms with van der Waals surface area (Å²) < 4.78 is 5.22. The number of likely N-dealkylation sites (tertiary alicyclic amines) is 1. The van der Waals surface area contributed by atoms with Crippen LogP contribution >= 0.6 is 11.3 Å². The molecule has 1 unspecified atom stereocenters. The highest BCUT2D eigenvalue weighted by Gasteiger charge is 2.32. The topological polar surface area (TPSA) is 79.5 Å². The maximum Gasteiger partial charge on any atom is 0.254 e. The Morgan fingerprint density at radius 3 is 2.88 bits per heavy atom. The maximum atomic E-state index is 12.5. The summed E-state index contributed by atoms with van der Waals surface area (Å²) in [6.45, 7) is 7.32. The predicted octanol–water partition coefficient (Wildman–Crippen LogP) is 2.56. The highest BCUT2D eigenvalue weighted by atomic mass is 32.1. The number of thiophene rings is 1. The van der Waals surface area contributed by atoms with Crippen molar-refractivity contribution in [1.29, 1.82) is 0 Å². The lowest BCUT2D eigenvalue weighted by molar-refractivity contribution is -0.130. The van der Waals surface area contributed by atoms with E-state index in [1.54, 1.807) is 6.92 Å². The number of hydrogen-bond donors (Lipinski definition) is 0. The maximum absolute atomic E-state index is 12.5. The van der Waals surface area contributed by atoms with Crippen molar-refractivity contribution in [2.45, 2.75) is 45.6 Å². The van der Waals surface area contributed by atoms with Gasteiger partial charge in [-0.1, -0.05) is 19.0 Å². The van der Waals surface area contributed by atoms with Crippen LogP contribution < -0.4 is 0 Å². The molecule has 1 aliphatic heterocycles. The van der Waals surface area contributed by atoms with Crippen LogP contribution in [0.3, 0.4) is 0 Å². The zero-order valence-electron chi connectivity index (χ0n) is 15.3. The van der Waals surface area contributed by atoms with Gasteiger partial charge in [-0.3, -0.25) is 9.59 Å². The van der Waals surface area contributed by atoms with Crippen LogP contribution in [0.25, 0.3) is 0 Å². The van der Waals surface area contributed by atoms with E-state index in [1.165, 1.54) is 11.3 Å². The molecule has 1 aliphatic rings. The molecule has 0 aliphatic carbocycles. The monoisotopic (exact) mass is 376 g/mol. The third-order valence-electron chi connectivity index (χ3n) is 4.62. The third-order valence-corrected chi connectivity index (χ3v) is 5.30. The molecule has 0 spiro atoms. The minimum absolute atomic E-state index is 0.00686. The van der Waals surface area contributed by atoms with Crippen molar-refractivity contribution >= 4 is 23.2 Å². The van der Waals surface area contributed by atoms with E-state index in [1.807, 2.05) is 40.5 Å². The average Bonchev–Trinajstić information content (AvgIpc) is 3.35. The quantitative estimate of drug-likeness (QED) is 0.774. The summed E-state index contributed by atoms with van der Waals surface area (Å²) in [4.78, 5) is 32.6. The van der Waals surface area contributed by atoms with E-state index in [0.29, 0.717) is 37.8 Å². The minimum atomic E-state index is 0.00686. The van der Waals surface area contributed by atoms with Gasteiger partial charge in [0.05, 0.1) is 11.6 Å². The normalized spacial score (nSPS) is 17.1. The number of nitrogens with zero attached hydrogens (tertiary/aromatic N) is 4. The standard InChI is InChI=1S/C18H24N4O3S/c1-12(2)17-19-16(20-25-17)5-8-22(13(3)23)15-4-7-21(10-15)18(24)14-6-9-26-11-14/h6,9,11-12,15H,4-5,7-8,10H2,1-3H3. The summed E-state index contributed by atoms with van der Waals surface area (Å²) in [5, 5.41) is 7.75. The van der Waals surface area contributed by atoms with Gasteiger partial charge in [0.15, 0.2) is 5.82 Å². The Labute approximate surface area is 157 Å². The fourth-order valence-electron chi connectivity index (χ4n) is 3.17. The molecule has 7 nitrogen and oxygen atoms in total. The molecular weight excluding hydrogens is 352 g/mol. The van der Waals surface area contributed by atoms with Crippen molar-refractivity contribution in [3.63, 3.8) is 0 Å². The van der Waals surface area contributed by atoms with E-state index in [2.05, 4.69) is 10.1 Å². The first kappa shape index (κ1) is 18.6. The lowest BCUT2D eigenvalue weighted by Crippen LogP contribution is -2.42. The van der Waals surface area contributed by atoms with E-state index >= 15 is 0 Å². The molecule has 1 saturated heterocycles. The second-order valence-corrected chi connectivity index (χ2v) is 7.65. The summed E-state index contributed by atoms with van der Waals surface area (Å²) in [5.74, 6) is 1.46. The second kappa shape index (κ2) is 7.99. The van der Waals surface area contributed by atoms with Crippen LogP contribution in [0.2, 0.25) is 0 Å². The Morgan fingerprint density at radius 1 is 1.46 bits per heavy atom. The molecule has 0 bridgehead atoms. The van der Waals surface area contributed by atoms with Gasteiger partial charge < -0.3 is 14.3 Å². The first-order chi connectivity index (χ1) is 12.5. The summed E-state index contributed by atoms with van der Waals surface area (Å²) in [7, 11) is 0. The van der Waals surface area contributed by atoms with Crippen LogP contribution in [0.1, 0.15) is 55.2 Å². The zero-order chi connectivity index (χ0) is 18.7. The Morgan fingerprint density at radius 2 is 2.27 bits per heavy atom. The first-order valence-electron chi connectivity index (χ1n) is 8.87. The number of aromatic nitrogens is 2. The van der Waals surface area contributed by atoms with E-state index in [4.69, 9.17) is 4.52 Å². The van der Waals surface area contributed by atoms with Gasteiger partial charge in [0.2, 0.25) is 11.8 Å². The molecule has 2 aromatic rings. The summed E-state index contributed by atoms with van der Waals surface area (Å²) in [5.41, 5.74) is 0.720. The van der Waals surface area contributed by atoms with Gasteiger partial charge in [-0.25, -0.2) is 0 Å². The van der Waals surface area contributed by atoms with Crippen molar-refractivity contribution in [2.75, 3.05) is 19.6 Å². The van der Waals surface area contributed by atoms with E-state index in [-0.39, 0.29) is 23.8 Å². The minimum Gasteiger partial charge on any atom is -0.339 e. The Hall–Kier alpha value is -2.22. The van der Waals surface area contributed by atoms with Crippen LogP contribution in [0.4, 0.5) is 0 Å². The molecular formula is C18H24N4O3S. The van der Waals surface area contributed by atoms with Gasteiger partial charge in [0, 0.05) is 44.3 Å². The molecule has 1 fully saturated rings. The summed E-state index contributed by atoms with van der Waals surface area (Å²) in [6, 6.07) is 1.87. The Kier molecular flexibility index (Phi) is 5.70. The highest BCUT2D eigenvalue weighted by Crippen LogP contribution is 2.20. The fourth-order valence-corrected chi connectivity index (χ4v) is 3.80. The molecule has 140 valence electrons. The SMILES string of the molecule is CC(=O)N(CCc1noc(C(C)C)n1)C1CCN(C(=O)c2ccsc2)C1. The van der Waals surface area contributed by atoms with Crippen molar-refractivity contribution in [2.24, 2.45) is 0 Å². The third kappa shape index (κ3) is 4.12. The van der Waals surface area contributed by atoms with Gasteiger partial charge in [-0.05, 0) is 17.9 Å². The van der Waals surface area contributed by atoms with Crippen LogP contribution in [0, 0.1) is 0 Å². The molecule has 2 amide bonds. The van der Waals surface area contributed by atoms with E-state index in [0.717, 1.165) is 12.0 Å². The van der Waals surface area contributed by atoms with Gasteiger partial charge in [0.1, 0.15) is 0 Å². The summed E-state index contributed by atoms with van der Waals surface area (Å²) in [6.07, 6.45) is 1.34. The number of carbonyl (C=O) groups excluding carboxylic acids is 2. The van der Waals surface area contributed by atoms with Gasteiger partial charge >= 0.3 is 0 Å². The Balaban J connectivity index is 1.59. The molecule has 0 aromatic carbocycles. The number of rotatable bonds is 6. The lowest BCUT2D eigenvalue weighted by Gasteiger charge is -2.27. The zero-order valence-corrected chi connectivity index (χ0v) is 16.2. The number of amides is 2. The second-order valence-electron chi connectivity index (χ2n) is 6.87.